The van der Waals surface area contributed by atoms with E-state index in [1.807, 2.05) is 31.2 Å². The standard InChI is InChI=1S/C24H28N2O4/c1-6-20(23(28)26-19-13-11-18(12-14-19)15(2)3)16(4)25-24(29)21-9-7-8-10-22(21)30-17(5)27/h7-15H,6H2,1-5H3,(H,25,29)(H,26,28). The van der Waals surface area contributed by atoms with Crippen LogP contribution in [-0.4, -0.2) is 17.8 Å². The summed E-state index contributed by atoms with van der Waals surface area (Å²) in [4.78, 5) is 36.7. The number of carbonyl (C=O) groups is 3. The van der Waals surface area contributed by atoms with E-state index in [-0.39, 0.29) is 17.2 Å². The number of ether oxygens (including phenoxy) is 1. The number of rotatable bonds is 7. The number of benzene rings is 2. The molecule has 0 saturated heterocycles. The highest BCUT2D eigenvalue weighted by Gasteiger charge is 2.17. The number of hydrogen-bond donors (Lipinski definition) is 2. The van der Waals surface area contributed by atoms with Crippen molar-refractivity contribution < 1.29 is 19.1 Å². The van der Waals surface area contributed by atoms with Crippen molar-refractivity contribution in [3.8, 4) is 5.75 Å². The normalized spacial score (nSPS) is 11.5. The average molecular weight is 408 g/mol. The molecule has 0 radical (unpaired) electrons. The van der Waals surface area contributed by atoms with Gasteiger partial charge in [0.15, 0.2) is 0 Å². The molecule has 0 spiro atoms. The van der Waals surface area contributed by atoms with Gasteiger partial charge < -0.3 is 15.4 Å². The molecule has 0 saturated carbocycles. The molecule has 2 rings (SSSR count). The topological polar surface area (TPSA) is 84.5 Å². The summed E-state index contributed by atoms with van der Waals surface area (Å²) in [6.45, 7) is 9.01. The van der Waals surface area contributed by atoms with E-state index in [1.165, 1.54) is 12.5 Å². The summed E-state index contributed by atoms with van der Waals surface area (Å²) in [5.74, 6) is -0.666. The van der Waals surface area contributed by atoms with Crippen LogP contribution in [0.5, 0.6) is 5.75 Å². The lowest BCUT2D eigenvalue weighted by molar-refractivity contribution is -0.131. The summed E-state index contributed by atoms with van der Waals surface area (Å²) < 4.78 is 5.09. The third-order valence-electron chi connectivity index (χ3n) is 4.60. The molecule has 0 aliphatic rings. The van der Waals surface area contributed by atoms with Gasteiger partial charge in [-0.15, -0.1) is 0 Å². The molecule has 6 heteroatoms. The molecular weight excluding hydrogens is 380 g/mol. The predicted octanol–water partition coefficient (Wildman–Crippen LogP) is 4.79. The molecule has 2 N–H and O–H groups in total. The number of carbonyl (C=O) groups excluding carboxylic acids is 3. The number of para-hydroxylation sites is 1. The quantitative estimate of drug-likeness (QED) is 0.392. The van der Waals surface area contributed by atoms with E-state index in [1.54, 1.807) is 31.2 Å². The second kappa shape index (κ2) is 10.4. The zero-order chi connectivity index (χ0) is 22.3. The van der Waals surface area contributed by atoms with Crippen molar-refractivity contribution in [1.29, 1.82) is 0 Å². The number of allylic oxidation sites excluding steroid dienone is 1. The van der Waals surface area contributed by atoms with Gasteiger partial charge in [-0.2, -0.15) is 0 Å². The van der Waals surface area contributed by atoms with Gasteiger partial charge in [0.25, 0.3) is 11.8 Å². The number of amides is 2. The van der Waals surface area contributed by atoms with Crippen molar-refractivity contribution in [2.45, 2.75) is 47.0 Å². The van der Waals surface area contributed by atoms with Crippen LogP contribution in [-0.2, 0) is 9.59 Å². The summed E-state index contributed by atoms with van der Waals surface area (Å²) in [5, 5.41) is 5.61. The Kier molecular flexibility index (Phi) is 7.92. The maximum absolute atomic E-state index is 12.7. The van der Waals surface area contributed by atoms with Gasteiger partial charge in [-0.1, -0.05) is 45.0 Å². The van der Waals surface area contributed by atoms with Gasteiger partial charge in [-0.25, -0.2) is 0 Å². The Balaban J connectivity index is 2.17. The van der Waals surface area contributed by atoms with Gasteiger partial charge in [0.2, 0.25) is 0 Å². The monoisotopic (exact) mass is 408 g/mol. The highest BCUT2D eigenvalue weighted by molar-refractivity contribution is 6.05. The van der Waals surface area contributed by atoms with Crippen molar-refractivity contribution in [3.05, 3.63) is 70.9 Å². The molecule has 6 nitrogen and oxygen atoms in total. The second-order valence-electron chi connectivity index (χ2n) is 7.23. The third-order valence-corrected chi connectivity index (χ3v) is 4.60. The zero-order valence-corrected chi connectivity index (χ0v) is 18.0. The van der Waals surface area contributed by atoms with Crippen molar-refractivity contribution in [2.75, 3.05) is 5.32 Å². The summed E-state index contributed by atoms with van der Waals surface area (Å²) in [6.07, 6.45) is 0.438. The smallest absolute Gasteiger partial charge is 0.308 e. The Hall–Kier alpha value is -3.41. The lowest BCUT2D eigenvalue weighted by Crippen LogP contribution is -2.26. The van der Waals surface area contributed by atoms with Crippen LogP contribution in [0.4, 0.5) is 5.69 Å². The Bertz CT molecular complexity index is 959. The molecule has 0 atom stereocenters. The number of esters is 1. The van der Waals surface area contributed by atoms with Crippen molar-refractivity contribution >= 4 is 23.5 Å². The van der Waals surface area contributed by atoms with Crippen molar-refractivity contribution in [1.82, 2.24) is 5.32 Å². The maximum atomic E-state index is 12.7. The first-order valence-corrected chi connectivity index (χ1v) is 9.92. The van der Waals surface area contributed by atoms with Crippen LogP contribution in [0.1, 0.15) is 62.9 Å². The highest BCUT2D eigenvalue weighted by Crippen LogP contribution is 2.20. The van der Waals surface area contributed by atoms with E-state index in [4.69, 9.17) is 4.74 Å². The lowest BCUT2D eigenvalue weighted by Gasteiger charge is -2.14. The van der Waals surface area contributed by atoms with Crippen LogP contribution in [0.3, 0.4) is 0 Å². The molecule has 2 amide bonds. The van der Waals surface area contributed by atoms with Crippen LogP contribution in [0.2, 0.25) is 0 Å². The molecule has 0 aliphatic carbocycles. The Morgan fingerprint density at radius 3 is 2.17 bits per heavy atom. The van der Waals surface area contributed by atoms with Gasteiger partial charge >= 0.3 is 5.97 Å². The number of hydrogen-bond acceptors (Lipinski definition) is 4. The van der Waals surface area contributed by atoms with Crippen molar-refractivity contribution in [2.24, 2.45) is 0 Å². The zero-order valence-electron chi connectivity index (χ0n) is 18.0. The van der Waals surface area contributed by atoms with Gasteiger partial charge in [0, 0.05) is 23.9 Å². The van der Waals surface area contributed by atoms with Gasteiger partial charge in [0.05, 0.1) is 5.56 Å². The minimum Gasteiger partial charge on any atom is -0.426 e. The molecule has 0 aliphatic heterocycles. The van der Waals surface area contributed by atoms with Crippen LogP contribution in [0, 0.1) is 0 Å². The van der Waals surface area contributed by atoms with Crippen LogP contribution < -0.4 is 15.4 Å². The lowest BCUT2D eigenvalue weighted by atomic mass is 10.0. The SMILES string of the molecule is CCC(C(=O)Nc1ccc(C(C)C)cc1)=C(C)NC(=O)c1ccccc1OC(C)=O. The summed E-state index contributed by atoms with van der Waals surface area (Å²) in [7, 11) is 0. The summed E-state index contributed by atoms with van der Waals surface area (Å²) in [5.41, 5.74) is 2.99. The van der Waals surface area contributed by atoms with Gasteiger partial charge in [-0.05, 0) is 49.1 Å². The highest BCUT2D eigenvalue weighted by atomic mass is 16.5. The molecule has 30 heavy (non-hydrogen) atoms. The first-order chi connectivity index (χ1) is 14.2. The fraction of sp³-hybridized carbons (Fsp3) is 0.292. The minimum absolute atomic E-state index is 0.169. The Labute approximate surface area is 177 Å². The van der Waals surface area contributed by atoms with E-state index < -0.39 is 11.9 Å². The summed E-state index contributed by atoms with van der Waals surface area (Å²) >= 11 is 0. The molecule has 0 unspecified atom stereocenters. The Morgan fingerprint density at radius 2 is 1.60 bits per heavy atom. The number of nitrogens with one attached hydrogen (secondary N) is 2. The summed E-state index contributed by atoms with van der Waals surface area (Å²) in [6, 6.07) is 14.1. The van der Waals surface area contributed by atoms with Crippen LogP contribution >= 0.6 is 0 Å². The molecule has 0 bridgehead atoms. The fourth-order valence-corrected chi connectivity index (χ4v) is 2.97. The largest absolute Gasteiger partial charge is 0.426 e. The third kappa shape index (κ3) is 6.04. The molecule has 0 fully saturated rings. The van der Waals surface area contributed by atoms with Crippen molar-refractivity contribution in [3.63, 3.8) is 0 Å². The first-order valence-electron chi connectivity index (χ1n) is 9.92. The van der Waals surface area contributed by atoms with E-state index in [0.29, 0.717) is 29.3 Å². The molecule has 2 aromatic rings. The Morgan fingerprint density at radius 1 is 0.967 bits per heavy atom. The molecule has 2 aromatic carbocycles. The van der Waals surface area contributed by atoms with E-state index >= 15 is 0 Å². The molecule has 158 valence electrons. The fourth-order valence-electron chi connectivity index (χ4n) is 2.97. The van der Waals surface area contributed by atoms with E-state index in [9.17, 15) is 14.4 Å². The number of anilines is 1. The van der Waals surface area contributed by atoms with Gasteiger partial charge in [0.1, 0.15) is 5.75 Å². The van der Waals surface area contributed by atoms with E-state index in [0.717, 1.165) is 0 Å². The van der Waals surface area contributed by atoms with Crippen LogP contribution in [0.25, 0.3) is 0 Å². The second-order valence-corrected chi connectivity index (χ2v) is 7.23. The predicted molar refractivity (Wildman–Crippen MR) is 117 cm³/mol. The average Bonchev–Trinajstić information content (AvgIpc) is 2.68. The van der Waals surface area contributed by atoms with Gasteiger partial charge in [-0.3, -0.25) is 14.4 Å². The first kappa shape index (κ1) is 22.9. The maximum Gasteiger partial charge on any atom is 0.308 e. The van der Waals surface area contributed by atoms with E-state index in [2.05, 4.69) is 24.5 Å². The molecule has 0 aromatic heterocycles. The minimum atomic E-state index is -0.514. The van der Waals surface area contributed by atoms with Crippen LogP contribution in [0.15, 0.2) is 59.8 Å². The molecular formula is C24H28N2O4. The molecule has 0 heterocycles.